The van der Waals surface area contributed by atoms with Crippen molar-refractivity contribution in [3.63, 3.8) is 0 Å². The molecule has 3 atom stereocenters. The summed E-state index contributed by atoms with van der Waals surface area (Å²) in [5.74, 6) is 0.918. The zero-order chi connectivity index (χ0) is 16.0. The Bertz CT molecular complexity index is 787. The van der Waals surface area contributed by atoms with Crippen LogP contribution in [0.2, 0.25) is 0 Å². The molecular weight excluding hydrogens is 316 g/mol. The lowest BCUT2D eigenvalue weighted by atomic mass is 10.1. The summed E-state index contributed by atoms with van der Waals surface area (Å²) in [6.07, 6.45) is 3.35. The lowest BCUT2D eigenvalue weighted by molar-refractivity contribution is -0.0781. The van der Waals surface area contributed by atoms with E-state index in [9.17, 15) is 5.11 Å². The van der Waals surface area contributed by atoms with Crippen LogP contribution in [-0.2, 0) is 4.74 Å². The van der Waals surface area contributed by atoms with E-state index in [1.807, 2.05) is 12.1 Å². The Kier molecular flexibility index (Phi) is 3.59. The molecule has 23 heavy (non-hydrogen) atoms. The van der Waals surface area contributed by atoms with Crippen molar-refractivity contribution in [2.75, 3.05) is 13.1 Å². The van der Waals surface area contributed by atoms with Gasteiger partial charge in [0.25, 0.3) is 0 Å². The van der Waals surface area contributed by atoms with Gasteiger partial charge >= 0.3 is 0 Å². The third kappa shape index (κ3) is 2.52. The first-order valence-corrected chi connectivity index (χ1v) is 8.39. The maximum Gasteiger partial charge on any atom is 0.230 e. The van der Waals surface area contributed by atoms with Crippen LogP contribution in [0, 0.1) is 0 Å². The van der Waals surface area contributed by atoms with Gasteiger partial charge < -0.3 is 14.3 Å². The quantitative estimate of drug-likeness (QED) is 0.792. The number of hydrogen-bond donors (Lipinski definition) is 1. The largest absolute Gasteiger partial charge is 0.492 e. The average Bonchev–Trinajstić information content (AvgIpc) is 3.20. The van der Waals surface area contributed by atoms with Gasteiger partial charge in [0, 0.05) is 13.1 Å². The molecule has 0 amide bonds. The summed E-state index contributed by atoms with van der Waals surface area (Å²) >= 11 is 1.43. The highest BCUT2D eigenvalue weighted by Crippen LogP contribution is 2.40. The zero-order valence-electron chi connectivity index (χ0n) is 12.9. The average molecular weight is 334 g/mol. The minimum atomic E-state index is -0.174. The smallest absolute Gasteiger partial charge is 0.230 e. The second-order valence-electron chi connectivity index (χ2n) is 5.87. The lowest BCUT2D eigenvalue weighted by Crippen LogP contribution is -2.47. The Hall–Kier alpha value is -1.90. The molecule has 0 bridgehead atoms. The molecule has 0 unspecified atom stereocenters. The fourth-order valence-corrected chi connectivity index (χ4v) is 4.29. The molecule has 3 aromatic heterocycles. The van der Waals surface area contributed by atoms with Crippen LogP contribution in [0.15, 0.2) is 29.1 Å². The molecule has 8 heteroatoms. The summed E-state index contributed by atoms with van der Waals surface area (Å²) in [5.41, 5.74) is 0. The molecule has 4 heterocycles. The molecule has 0 spiro atoms. The Morgan fingerprint density at radius 1 is 1.35 bits per heavy atom. The van der Waals surface area contributed by atoms with E-state index in [1.165, 1.54) is 22.2 Å². The standard InChI is InChI=1S/C15H18N4O3S/c1-9-6-18(7-10(2)22-9)12(11-4-3-5-21-11)13-14(20)19-15(23-13)16-8-17-19/h3-5,8-10,12,20H,6-7H2,1-2H3/t9-,10-,12-/m0/s1. The minimum Gasteiger partial charge on any atom is -0.492 e. The van der Waals surface area contributed by atoms with Crippen molar-refractivity contribution in [3.8, 4) is 5.88 Å². The summed E-state index contributed by atoms with van der Waals surface area (Å²) in [7, 11) is 0. The number of fused-ring (bicyclic) bond motifs is 1. The predicted octanol–water partition coefficient (Wildman–Crippen LogP) is 2.29. The number of morpholine rings is 1. The van der Waals surface area contributed by atoms with Crippen LogP contribution in [0.5, 0.6) is 5.88 Å². The van der Waals surface area contributed by atoms with Gasteiger partial charge in [-0.1, -0.05) is 11.3 Å². The van der Waals surface area contributed by atoms with Crippen molar-refractivity contribution in [3.05, 3.63) is 35.4 Å². The van der Waals surface area contributed by atoms with Crippen LogP contribution in [0.25, 0.3) is 4.96 Å². The molecule has 1 aliphatic rings. The van der Waals surface area contributed by atoms with Crippen LogP contribution < -0.4 is 0 Å². The number of rotatable bonds is 3. The summed E-state index contributed by atoms with van der Waals surface area (Å²) in [5, 5.41) is 14.7. The molecule has 0 aromatic carbocycles. The summed E-state index contributed by atoms with van der Waals surface area (Å²) < 4.78 is 13.0. The van der Waals surface area contributed by atoms with Gasteiger partial charge in [-0.3, -0.25) is 4.90 Å². The zero-order valence-corrected chi connectivity index (χ0v) is 13.7. The first-order valence-electron chi connectivity index (χ1n) is 7.57. The fraction of sp³-hybridized carbons (Fsp3) is 0.467. The topological polar surface area (TPSA) is 76.0 Å². The summed E-state index contributed by atoms with van der Waals surface area (Å²) in [6, 6.07) is 3.63. The number of aromatic hydroxyl groups is 1. The molecule has 1 fully saturated rings. The molecule has 4 rings (SSSR count). The highest BCUT2D eigenvalue weighted by molar-refractivity contribution is 7.17. The Balaban J connectivity index is 1.79. The van der Waals surface area contributed by atoms with Crippen molar-refractivity contribution in [2.45, 2.75) is 32.1 Å². The number of thiazole rings is 1. The molecule has 7 nitrogen and oxygen atoms in total. The molecule has 1 N–H and O–H groups in total. The molecule has 3 aromatic rings. The monoisotopic (exact) mass is 334 g/mol. The van der Waals surface area contributed by atoms with Gasteiger partial charge in [-0.15, -0.1) is 0 Å². The van der Waals surface area contributed by atoms with Crippen LogP contribution >= 0.6 is 11.3 Å². The number of ether oxygens (including phenoxy) is 1. The molecule has 1 aliphatic heterocycles. The number of hydrogen-bond acceptors (Lipinski definition) is 7. The molecular formula is C15H18N4O3S. The van der Waals surface area contributed by atoms with Gasteiger partial charge in [-0.05, 0) is 26.0 Å². The van der Waals surface area contributed by atoms with Crippen LogP contribution in [0.3, 0.4) is 0 Å². The van der Waals surface area contributed by atoms with E-state index < -0.39 is 0 Å². The molecule has 1 saturated heterocycles. The number of aromatic nitrogens is 3. The Morgan fingerprint density at radius 3 is 2.78 bits per heavy atom. The molecule has 0 aliphatic carbocycles. The lowest BCUT2D eigenvalue weighted by Gasteiger charge is -2.39. The van der Waals surface area contributed by atoms with Crippen LogP contribution in [0.4, 0.5) is 0 Å². The van der Waals surface area contributed by atoms with Gasteiger partial charge in [-0.2, -0.15) is 9.61 Å². The molecule has 122 valence electrons. The summed E-state index contributed by atoms with van der Waals surface area (Å²) in [6.45, 7) is 5.65. The van der Waals surface area contributed by atoms with Crippen molar-refractivity contribution >= 4 is 16.3 Å². The van der Waals surface area contributed by atoms with Gasteiger partial charge in [0.1, 0.15) is 18.1 Å². The van der Waals surface area contributed by atoms with Crippen molar-refractivity contribution < 1.29 is 14.3 Å². The fourth-order valence-electron chi connectivity index (χ4n) is 3.22. The van der Waals surface area contributed by atoms with E-state index in [0.29, 0.717) is 4.96 Å². The second kappa shape index (κ2) is 5.63. The predicted molar refractivity (Wildman–Crippen MR) is 84.7 cm³/mol. The molecule has 0 radical (unpaired) electrons. The highest BCUT2D eigenvalue weighted by atomic mass is 32.1. The van der Waals surface area contributed by atoms with Gasteiger partial charge in [0.15, 0.2) is 0 Å². The van der Waals surface area contributed by atoms with Crippen LogP contribution in [-0.4, -0.2) is 49.9 Å². The van der Waals surface area contributed by atoms with Crippen LogP contribution in [0.1, 0.15) is 30.5 Å². The van der Waals surface area contributed by atoms with E-state index in [4.69, 9.17) is 9.15 Å². The first-order chi connectivity index (χ1) is 11.1. The van der Waals surface area contributed by atoms with Crippen molar-refractivity contribution in [1.82, 2.24) is 19.5 Å². The van der Waals surface area contributed by atoms with E-state index in [-0.39, 0.29) is 24.1 Å². The second-order valence-corrected chi connectivity index (χ2v) is 6.88. The van der Waals surface area contributed by atoms with Crippen molar-refractivity contribution in [2.24, 2.45) is 0 Å². The Labute approximate surface area is 137 Å². The van der Waals surface area contributed by atoms with E-state index in [2.05, 4.69) is 28.8 Å². The number of nitrogens with zero attached hydrogens (tertiary/aromatic N) is 4. The normalized spacial score (nSPS) is 24.3. The van der Waals surface area contributed by atoms with E-state index in [0.717, 1.165) is 23.7 Å². The maximum absolute atomic E-state index is 10.6. The van der Waals surface area contributed by atoms with E-state index >= 15 is 0 Å². The SMILES string of the molecule is C[C@H]1CN([C@@H](c2ccco2)c2sc3ncnn3c2O)C[C@H](C)O1. The Morgan fingerprint density at radius 2 is 2.13 bits per heavy atom. The van der Waals surface area contributed by atoms with Gasteiger partial charge in [-0.25, -0.2) is 4.98 Å². The molecule has 0 saturated carbocycles. The highest BCUT2D eigenvalue weighted by Gasteiger charge is 2.35. The van der Waals surface area contributed by atoms with E-state index in [1.54, 1.807) is 6.26 Å². The third-order valence-electron chi connectivity index (χ3n) is 4.01. The maximum atomic E-state index is 10.6. The number of furan rings is 1. The first kappa shape index (κ1) is 14.7. The van der Waals surface area contributed by atoms with Gasteiger partial charge in [0.05, 0.1) is 23.3 Å². The van der Waals surface area contributed by atoms with Crippen molar-refractivity contribution in [1.29, 1.82) is 0 Å². The van der Waals surface area contributed by atoms with Gasteiger partial charge in [0.2, 0.25) is 10.8 Å². The third-order valence-corrected chi connectivity index (χ3v) is 5.10. The minimum absolute atomic E-state index is 0.121. The summed E-state index contributed by atoms with van der Waals surface area (Å²) in [4.78, 5) is 7.91.